The topological polar surface area (TPSA) is 29.1 Å². The number of carbonyl (C=O) groups is 1. The van der Waals surface area contributed by atoms with Gasteiger partial charge >= 0.3 is 0 Å². The zero-order valence-electron chi connectivity index (χ0n) is 21.8. The van der Waals surface area contributed by atoms with Gasteiger partial charge in [-0.3, -0.25) is 4.79 Å². The lowest BCUT2D eigenvalue weighted by Crippen LogP contribution is -2.51. The molecule has 3 saturated carbocycles. The summed E-state index contributed by atoms with van der Waals surface area (Å²) < 4.78 is 42.1. The van der Waals surface area contributed by atoms with Crippen LogP contribution in [-0.4, -0.2) is 5.91 Å². The number of fused-ring (bicyclic) bond motifs is 5. The van der Waals surface area contributed by atoms with Gasteiger partial charge in [-0.05, 0) is 105 Å². The number of hydrogen-bond donors (Lipinski definition) is 1. The summed E-state index contributed by atoms with van der Waals surface area (Å²) in [6.45, 7) is 4.82. The molecule has 196 valence electrons. The summed E-state index contributed by atoms with van der Waals surface area (Å²) in [6, 6.07) is 8.96. The number of nitrogens with one attached hydrogen (secondary N) is 1. The first-order chi connectivity index (χ1) is 17.7. The Morgan fingerprint density at radius 2 is 1.70 bits per heavy atom. The highest BCUT2D eigenvalue weighted by Crippen LogP contribution is 2.66. The quantitative estimate of drug-likeness (QED) is 0.327. The van der Waals surface area contributed by atoms with Gasteiger partial charge in [0.05, 0.1) is 0 Å². The third-order valence-corrected chi connectivity index (χ3v) is 10.9. The largest absolute Gasteiger partial charge is 0.325 e. The average molecular weight is 508 g/mol. The molecule has 5 heteroatoms. The van der Waals surface area contributed by atoms with Crippen LogP contribution in [0.25, 0.3) is 11.1 Å². The molecule has 4 aliphatic carbocycles. The number of anilines is 1. The van der Waals surface area contributed by atoms with Crippen molar-refractivity contribution in [2.75, 3.05) is 5.32 Å². The fourth-order valence-corrected chi connectivity index (χ4v) is 8.97. The molecule has 1 amide bonds. The fourth-order valence-electron chi connectivity index (χ4n) is 8.97. The molecule has 0 saturated heterocycles. The van der Waals surface area contributed by atoms with E-state index in [1.165, 1.54) is 44.6 Å². The van der Waals surface area contributed by atoms with E-state index in [2.05, 4.69) is 25.2 Å². The van der Waals surface area contributed by atoms with Gasteiger partial charge in [0.1, 0.15) is 0 Å². The molecular weight excluding hydrogens is 471 g/mol. The minimum absolute atomic E-state index is 0.0424. The molecule has 0 heterocycles. The maximum atomic E-state index is 14.6. The van der Waals surface area contributed by atoms with Crippen LogP contribution in [0, 0.1) is 52.0 Å². The molecule has 0 aromatic heterocycles. The maximum absolute atomic E-state index is 14.6. The predicted molar refractivity (Wildman–Crippen MR) is 140 cm³/mol. The summed E-state index contributed by atoms with van der Waals surface area (Å²) in [5, 5.41) is 3.06. The van der Waals surface area contributed by atoms with E-state index in [4.69, 9.17) is 0 Å². The molecule has 6 atom stereocenters. The zero-order valence-corrected chi connectivity index (χ0v) is 21.8. The van der Waals surface area contributed by atoms with Crippen LogP contribution in [0.2, 0.25) is 0 Å². The lowest BCUT2D eigenvalue weighted by molar-refractivity contribution is -0.126. The minimum Gasteiger partial charge on any atom is -0.325 e. The second kappa shape index (κ2) is 9.03. The number of allylic oxidation sites excluding steroid dienone is 2. The molecule has 6 rings (SSSR count). The van der Waals surface area contributed by atoms with Crippen molar-refractivity contribution in [2.24, 2.45) is 34.5 Å². The molecule has 1 N–H and O–H groups in total. The standard InChI is InChI=1S/C32H36F3NO/c1-31-17-6-5-7-19(31)10-11-22-23-13-14-25(32(23,2)18-16-24(22)31)30(37)36-27-9-4-3-8-20(27)21-12-15-26(33)29(35)28(21)34/h3-4,7-9,12,15,22-25H,5-6,10-11,13-14,16-18H2,1-2H3,(H,36,37)/t22-,23-,24-,25?,31-,32-/m0/s1. The Kier molecular flexibility index (Phi) is 6.04. The average Bonchev–Trinajstić information content (AvgIpc) is 3.25. The lowest BCUT2D eigenvalue weighted by Gasteiger charge is -2.58. The first-order valence-electron chi connectivity index (χ1n) is 14.0. The summed E-state index contributed by atoms with van der Waals surface area (Å²) in [5.74, 6) is -2.20. The summed E-state index contributed by atoms with van der Waals surface area (Å²) >= 11 is 0. The highest BCUT2D eigenvalue weighted by molar-refractivity contribution is 5.97. The van der Waals surface area contributed by atoms with E-state index in [1.54, 1.807) is 29.8 Å². The van der Waals surface area contributed by atoms with Crippen molar-refractivity contribution in [2.45, 2.75) is 71.6 Å². The number of amides is 1. The number of rotatable bonds is 3. The number of halogens is 3. The second-order valence-corrected chi connectivity index (χ2v) is 12.4. The first kappa shape index (κ1) is 24.8. The van der Waals surface area contributed by atoms with Gasteiger partial charge in [0.25, 0.3) is 0 Å². The third-order valence-electron chi connectivity index (χ3n) is 10.9. The van der Waals surface area contributed by atoms with E-state index >= 15 is 0 Å². The molecule has 37 heavy (non-hydrogen) atoms. The van der Waals surface area contributed by atoms with Crippen LogP contribution in [0.3, 0.4) is 0 Å². The Bertz CT molecular complexity index is 1270. The highest BCUT2D eigenvalue weighted by atomic mass is 19.2. The van der Waals surface area contributed by atoms with Crippen LogP contribution < -0.4 is 5.32 Å². The van der Waals surface area contributed by atoms with Gasteiger partial charge < -0.3 is 5.32 Å². The van der Waals surface area contributed by atoms with Gasteiger partial charge in [-0.15, -0.1) is 0 Å². The third kappa shape index (κ3) is 3.79. The number of para-hydroxylation sites is 1. The summed E-state index contributed by atoms with van der Waals surface area (Å²) in [4.78, 5) is 13.8. The monoisotopic (exact) mass is 507 g/mol. The summed E-state index contributed by atoms with van der Waals surface area (Å²) in [6.07, 6.45) is 12.9. The molecule has 0 aliphatic heterocycles. The van der Waals surface area contributed by atoms with E-state index in [0.29, 0.717) is 34.4 Å². The Balaban J connectivity index is 1.25. The van der Waals surface area contributed by atoms with Crippen LogP contribution >= 0.6 is 0 Å². The van der Waals surface area contributed by atoms with Crippen LogP contribution in [0.15, 0.2) is 48.0 Å². The highest BCUT2D eigenvalue weighted by Gasteiger charge is 2.59. The first-order valence-corrected chi connectivity index (χ1v) is 14.0. The SMILES string of the molecule is C[C@]12CCCC=C1CC[C@@H]1[C@@H]2CC[C@]2(C)C(C(=O)Nc3ccccc3-c3ccc(F)c(F)c3F)CC[C@@H]12. The van der Waals surface area contributed by atoms with E-state index in [9.17, 15) is 18.0 Å². The van der Waals surface area contributed by atoms with Crippen LogP contribution in [0.5, 0.6) is 0 Å². The molecule has 0 bridgehead atoms. The molecule has 2 aromatic carbocycles. The summed E-state index contributed by atoms with van der Waals surface area (Å²) in [5.41, 5.74) is 2.69. The number of hydrogen-bond acceptors (Lipinski definition) is 1. The van der Waals surface area contributed by atoms with Crippen LogP contribution in [-0.2, 0) is 4.79 Å². The fraction of sp³-hybridized carbons (Fsp3) is 0.531. The predicted octanol–water partition coefficient (Wildman–Crippen LogP) is 8.68. The molecule has 3 fully saturated rings. The van der Waals surface area contributed by atoms with E-state index in [-0.39, 0.29) is 22.8 Å². The number of carbonyl (C=O) groups excluding carboxylic acids is 1. The molecule has 1 unspecified atom stereocenters. The van der Waals surface area contributed by atoms with Crippen molar-refractivity contribution < 1.29 is 18.0 Å². The molecule has 0 spiro atoms. The lowest BCUT2D eigenvalue weighted by atomic mass is 9.47. The van der Waals surface area contributed by atoms with E-state index in [1.807, 2.05) is 0 Å². The Morgan fingerprint density at radius 3 is 2.54 bits per heavy atom. The Hall–Kier alpha value is -2.56. The van der Waals surface area contributed by atoms with Gasteiger partial charge in [-0.1, -0.05) is 43.7 Å². The van der Waals surface area contributed by atoms with Crippen molar-refractivity contribution >= 4 is 11.6 Å². The van der Waals surface area contributed by atoms with E-state index in [0.717, 1.165) is 25.3 Å². The molecule has 2 nitrogen and oxygen atoms in total. The summed E-state index contributed by atoms with van der Waals surface area (Å²) in [7, 11) is 0. The van der Waals surface area contributed by atoms with Gasteiger partial charge in [0, 0.05) is 22.7 Å². The van der Waals surface area contributed by atoms with Gasteiger partial charge in [-0.2, -0.15) is 0 Å². The van der Waals surface area contributed by atoms with Gasteiger partial charge in [0.2, 0.25) is 5.91 Å². The zero-order chi connectivity index (χ0) is 25.9. The molecular formula is C32H36F3NO. The maximum Gasteiger partial charge on any atom is 0.228 e. The van der Waals surface area contributed by atoms with Crippen molar-refractivity contribution in [3.8, 4) is 11.1 Å². The van der Waals surface area contributed by atoms with Gasteiger partial charge in [-0.25, -0.2) is 13.2 Å². The smallest absolute Gasteiger partial charge is 0.228 e. The van der Waals surface area contributed by atoms with Crippen molar-refractivity contribution in [1.29, 1.82) is 0 Å². The number of benzene rings is 2. The van der Waals surface area contributed by atoms with Crippen LogP contribution in [0.1, 0.15) is 71.6 Å². The van der Waals surface area contributed by atoms with Gasteiger partial charge in [0.15, 0.2) is 17.5 Å². The molecule has 2 aromatic rings. The Morgan fingerprint density at radius 1 is 0.892 bits per heavy atom. The van der Waals surface area contributed by atoms with Crippen molar-refractivity contribution in [1.82, 2.24) is 0 Å². The van der Waals surface area contributed by atoms with Crippen LogP contribution in [0.4, 0.5) is 18.9 Å². The second-order valence-electron chi connectivity index (χ2n) is 12.4. The molecule has 4 aliphatic rings. The van der Waals surface area contributed by atoms with Crippen molar-refractivity contribution in [3.63, 3.8) is 0 Å². The van der Waals surface area contributed by atoms with E-state index < -0.39 is 17.5 Å². The normalized spacial score (nSPS) is 34.7. The Labute approximate surface area is 217 Å². The van der Waals surface area contributed by atoms with Crippen molar-refractivity contribution in [3.05, 3.63) is 65.5 Å². The molecule has 0 radical (unpaired) electrons. The minimum atomic E-state index is -1.50.